The highest BCUT2D eigenvalue weighted by atomic mass is 32.2. The van der Waals surface area contributed by atoms with Crippen LogP contribution >= 0.6 is 0 Å². The van der Waals surface area contributed by atoms with Crippen LogP contribution in [0.25, 0.3) is 0 Å². The number of benzene rings is 5. The molecule has 16 rings (SSSR count). The summed E-state index contributed by atoms with van der Waals surface area (Å²) in [6.45, 7) is 4.82. The van der Waals surface area contributed by atoms with Crippen LogP contribution in [0.15, 0.2) is 176 Å². The first kappa shape index (κ1) is 78.5. The summed E-state index contributed by atoms with van der Waals surface area (Å²) >= 11 is 0. The lowest BCUT2D eigenvalue weighted by atomic mass is 9.84. The van der Waals surface area contributed by atoms with E-state index >= 15 is 0 Å². The number of carbonyl (C=O) groups excluding carboxylic acids is 7. The molecule has 580 valence electrons. The summed E-state index contributed by atoms with van der Waals surface area (Å²) in [6.07, 6.45) is 24.1. The molecule has 2 saturated heterocycles. The maximum atomic E-state index is 12.8. The summed E-state index contributed by atoms with van der Waals surface area (Å²) in [4.78, 5) is 124. The average Bonchev–Trinajstić information content (AvgIpc) is 1.80. The van der Waals surface area contributed by atoms with E-state index in [0.717, 1.165) is 102 Å². The van der Waals surface area contributed by atoms with E-state index in [-0.39, 0.29) is 116 Å². The zero-order chi connectivity index (χ0) is 78.1. The number of piperidine rings is 1. The number of amides is 7. The number of aryl methyl sites for hydroxylation is 1. The summed E-state index contributed by atoms with van der Waals surface area (Å²) < 4.78 is 33.0. The van der Waals surface area contributed by atoms with Gasteiger partial charge >= 0.3 is 0 Å². The number of fused-ring (bicyclic) bond motifs is 4. The van der Waals surface area contributed by atoms with E-state index in [1.807, 2.05) is 67.6 Å². The maximum absolute atomic E-state index is 12.8. The number of aliphatic hydroxyl groups is 1. The molecule has 0 radical (unpaired) electrons. The molecule has 29 heteroatoms. The second-order valence-corrected chi connectivity index (χ2v) is 31.0. The van der Waals surface area contributed by atoms with Crippen LogP contribution in [0.1, 0.15) is 150 Å². The van der Waals surface area contributed by atoms with E-state index in [0.29, 0.717) is 38.9 Å². The Kier molecular flexibility index (Phi) is 25.5. The molecule has 7 amide bonds. The van der Waals surface area contributed by atoms with Gasteiger partial charge in [-0.25, -0.2) is 48.3 Å². The van der Waals surface area contributed by atoms with Crippen molar-refractivity contribution in [3.63, 3.8) is 0 Å². The first-order valence-electron chi connectivity index (χ1n) is 38.0. The first-order chi connectivity index (χ1) is 54.3. The Morgan fingerprint density at radius 3 is 1.06 bits per heavy atom. The van der Waals surface area contributed by atoms with Crippen molar-refractivity contribution in [1.29, 1.82) is 0 Å². The van der Waals surface area contributed by atoms with Crippen LogP contribution in [0.2, 0.25) is 0 Å². The Hall–Kier alpha value is -11.7. The number of anilines is 4. The molecular formula is C83H91N17O11S. The van der Waals surface area contributed by atoms with Gasteiger partial charge in [0.2, 0.25) is 11.8 Å². The fraction of sp³-hybridized carbons (Fsp3) is 0.361. The van der Waals surface area contributed by atoms with Crippen LogP contribution in [-0.4, -0.2) is 163 Å². The van der Waals surface area contributed by atoms with Gasteiger partial charge in [0.15, 0.2) is 46.0 Å². The molecule has 5 aliphatic carbocycles. The number of nitrogens with one attached hydrogen (secondary N) is 8. The standard InChI is InChI=1S/C21H25N5O2.C21H20N4O3S.C21H24N4O3.C20H22N4O3/c1-26-10-6-14(7-11-26)20(27)25-19-18(22-8-9-23-19)21(28)24-17-12-15-4-2-3-5-16(15)13-17;1-14-6-8-18(9-7-14)29(27,28)25-20-19(22-10-11-23-20)21(26)24-17-12-15-4-2-3-5-16(15)13-17;26-19(24-16-12-14-6-2-3-7-15(14)13-16)17-18(23-11-10-22-17)25-20(27)21(28)8-4-1-5-9-21;25-19(13-5-9-27-10-6-13)24-18-17(21-7-8-22-18)20(26)23-16-11-14-3-1-2-4-15(14)12-16/h2-5,8-9,14,17H,6-7,10-13H2,1H3,(H,24,28)(H,23,25,27);2-11,17H,12-13H2,1H3,(H,23,25)(H,24,26);2-3,6-7,10-11,16,28H,1,4-5,8-9,12-13H2,(H,24,26)(H,23,25,27);1-4,7-8,13,16H,5-6,9-12H2,(H,23,26)(H,22,24,25). The van der Waals surface area contributed by atoms with Gasteiger partial charge in [0.1, 0.15) is 5.60 Å². The minimum atomic E-state index is -3.89. The smallest absolute Gasteiger partial charge is 0.274 e. The lowest BCUT2D eigenvalue weighted by molar-refractivity contribution is -0.137. The minimum Gasteiger partial charge on any atom is -0.381 e. The van der Waals surface area contributed by atoms with Crippen molar-refractivity contribution < 1.29 is 51.8 Å². The third kappa shape index (κ3) is 20.1. The Morgan fingerprint density at radius 2 is 0.714 bits per heavy atom. The van der Waals surface area contributed by atoms with Crippen molar-refractivity contribution in [3.05, 3.63) is 244 Å². The zero-order valence-corrected chi connectivity index (χ0v) is 63.3. The number of aromatic nitrogens is 8. The van der Waals surface area contributed by atoms with Crippen LogP contribution in [0.3, 0.4) is 0 Å². The van der Waals surface area contributed by atoms with Crippen molar-refractivity contribution >= 4 is 74.6 Å². The number of rotatable bonds is 17. The molecule has 5 aromatic carbocycles. The molecular weight excluding hydrogens is 1440 g/mol. The maximum Gasteiger partial charge on any atom is 0.274 e. The molecule has 28 nitrogen and oxygen atoms in total. The summed E-state index contributed by atoms with van der Waals surface area (Å²) in [7, 11) is -1.83. The Balaban J connectivity index is 0.000000131. The fourth-order valence-corrected chi connectivity index (χ4v) is 16.2. The molecule has 1 saturated carbocycles. The number of likely N-dealkylation sites (tertiary alicyclic amines) is 1. The molecule has 0 unspecified atom stereocenters. The quantitative estimate of drug-likeness (QED) is 0.0418. The third-order valence-electron chi connectivity index (χ3n) is 21.3. The molecule has 7 aliphatic rings. The molecule has 112 heavy (non-hydrogen) atoms. The van der Waals surface area contributed by atoms with Gasteiger partial charge in [0, 0.05) is 98.8 Å². The monoisotopic (exact) mass is 1530 g/mol. The van der Waals surface area contributed by atoms with Crippen molar-refractivity contribution in [3.8, 4) is 0 Å². The van der Waals surface area contributed by atoms with Crippen LogP contribution in [0, 0.1) is 18.8 Å². The Bertz CT molecular complexity index is 4910. The highest BCUT2D eigenvalue weighted by Crippen LogP contribution is 2.32. The van der Waals surface area contributed by atoms with Crippen molar-refractivity contribution in [2.24, 2.45) is 11.8 Å². The van der Waals surface area contributed by atoms with Gasteiger partial charge in [0.05, 0.1) is 4.90 Å². The Labute approximate surface area is 649 Å². The number of hydrogen-bond acceptors (Lipinski definition) is 20. The van der Waals surface area contributed by atoms with E-state index in [2.05, 4.69) is 130 Å². The molecule has 2 aliphatic heterocycles. The number of nitrogens with zero attached hydrogens (tertiary/aromatic N) is 9. The summed E-state index contributed by atoms with van der Waals surface area (Å²) in [5, 5.41) is 30.8. The van der Waals surface area contributed by atoms with E-state index in [9.17, 15) is 47.1 Å². The van der Waals surface area contributed by atoms with Gasteiger partial charge in [-0.05, 0) is 174 Å². The van der Waals surface area contributed by atoms with Crippen LogP contribution in [0.5, 0.6) is 0 Å². The predicted octanol–water partition coefficient (Wildman–Crippen LogP) is 7.88. The zero-order valence-electron chi connectivity index (χ0n) is 62.4. The molecule has 0 spiro atoms. The van der Waals surface area contributed by atoms with Crippen molar-refractivity contribution in [2.75, 3.05) is 54.0 Å². The molecule has 3 fully saturated rings. The third-order valence-corrected chi connectivity index (χ3v) is 22.6. The highest BCUT2D eigenvalue weighted by Gasteiger charge is 2.39. The number of sulfonamides is 1. The average molecular weight is 1530 g/mol. The SMILES string of the molecule is CN1CCC(C(=O)Nc2nccnc2C(=O)NC2Cc3ccccc3C2)CC1.Cc1ccc(S(=O)(=O)Nc2nccnc2C(=O)NC2Cc3ccccc3C2)cc1.O=C(NC1Cc2ccccc2C1)c1nccnc1NC(=O)C1(O)CCCCC1.O=C(NC1Cc2ccccc2C1)c1nccnc1NC(=O)C1CCOCC1. The predicted molar refractivity (Wildman–Crippen MR) is 418 cm³/mol. The topological polar surface area (TPSA) is 386 Å². The summed E-state index contributed by atoms with van der Waals surface area (Å²) in [5.41, 5.74) is 9.79. The van der Waals surface area contributed by atoms with E-state index in [1.54, 1.807) is 12.1 Å². The fourth-order valence-electron chi connectivity index (χ4n) is 15.2. The number of ether oxygens (including phenoxy) is 1. The van der Waals surface area contributed by atoms with Crippen LogP contribution in [-0.2, 0) is 80.5 Å². The Morgan fingerprint density at radius 1 is 0.411 bits per heavy atom. The molecule has 9 N–H and O–H groups in total. The molecule has 9 aromatic rings. The first-order valence-corrected chi connectivity index (χ1v) is 39.5. The lowest BCUT2D eigenvalue weighted by Crippen LogP contribution is -2.45. The summed E-state index contributed by atoms with van der Waals surface area (Å²) in [5.74, 6) is -1.95. The lowest BCUT2D eigenvalue weighted by Gasteiger charge is -2.30. The largest absolute Gasteiger partial charge is 0.381 e. The van der Waals surface area contributed by atoms with Gasteiger partial charge in [0.25, 0.3) is 39.6 Å². The molecule has 4 aromatic heterocycles. The van der Waals surface area contributed by atoms with Gasteiger partial charge in [-0.15, -0.1) is 0 Å². The second kappa shape index (κ2) is 36.5. The minimum absolute atomic E-state index is 0.0158. The molecule has 0 bridgehead atoms. The van der Waals surface area contributed by atoms with Crippen LogP contribution in [0.4, 0.5) is 23.3 Å². The highest BCUT2D eigenvalue weighted by molar-refractivity contribution is 7.92. The normalized spacial score (nSPS) is 16.8. The summed E-state index contributed by atoms with van der Waals surface area (Å²) in [6, 6.07) is 39.0. The van der Waals surface area contributed by atoms with E-state index in [1.165, 1.54) is 106 Å². The van der Waals surface area contributed by atoms with Crippen LogP contribution < -0.4 is 41.9 Å². The van der Waals surface area contributed by atoms with Gasteiger partial charge in [-0.1, -0.05) is 134 Å². The van der Waals surface area contributed by atoms with Crippen molar-refractivity contribution in [1.82, 2.24) is 66.0 Å². The van der Waals surface area contributed by atoms with Gasteiger partial charge < -0.3 is 52.0 Å². The van der Waals surface area contributed by atoms with E-state index in [4.69, 9.17) is 4.74 Å². The molecule has 0 atom stereocenters. The van der Waals surface area contributed by atoms with E-state index < -0.39 is 27.4 Å². The number of hydrogen-bond donors (Lipinski definition) is 9. The second-order valence-electron chi connectivity index (χ2n) is 29.3. The molecule has 6 heterocycles. The van der Waals surface area contributed by atoms with Gasteiger partial charge in [-0.3, -0.25) is 38.3 Å². The van der Waals surface area contributed by atoms with Gasteiger partial charge in [-0.2, -0.15) is 0 Å². The van der Waals surface area contributed by atoms with Crippen molar-refractivity contribution in [2.45, 2.75) is 151 Å². The number of carbonyl (C=O) groups is 7.